The van der Waals surface area contributed by atoms with Crippen LogP contribution in [0.25, 0.3) is 0 Å². The molecular formula is C20H25N3O2. The van der Waals surface area contributed by atoms with E-state index >= 15 is 0 Å². The second kappa shape index (κ2) is 6.82. The Bertz CT molecular complexity index is 743. The lowest BCUT2D eigenvalue weighted by Crippen LogP contribution is -2.42. The Morgan fingerprint density at radius 2 is 2.00 bits per heavy atom. The van der Waals surface area contributed by atoms with Crippen LogP contribution in [-0.4, -0.2) is 42.0 Å². The molecule has 1 aromatic carbocycles. The van der Waals surface area contributed by atoms with Crippen LogP contribution < -0.4 is 10.1 Å². The van der Waals surface area contributed by atoms with E-state index in [0.717, 1.165) is 48.6 Å². The van der Waals surface area contributed by atoms with Gasteiger partial charge in [0.15, 0.2) is 0 Å². The molecule has 4 rings (SSSR count). The van der Waals surface area contributed by atoms with Crippen molar-refractivity contribution in [2.45, 2.75) is 37.6 Å². The van der Waals surface area contributed by atoms with E-state index in [1.54, 1.807) is 7.11 Å². The van der Waals surface area contributed by atoms with Crippen LogP contribution in [0.5, 0.6) is 5.75 Å². The predicted molar refractivity (Wildman–Crippen MR) is 98.3 cm³/mol. The number of hydrogen-bond acceptors (Lipinski definition) is 3. The molecule has 0 spiro atoms. The fourth-order valence-corrected chi connectivity index (χ4v) is 3.62. The van der Waals surface area contributed by atoms with Crippen molar-refractivity contribution in [1.82, 2.24) is 9.88 Å². The fraction of sp³-hybridized carbons (Fsp3) is 0.450. The Balaban J connectivity index is 1.34. The predicted octanol–water partition coefficient (Wildman–Crippen LogP) is 3.62. The molecule has 2 aromatic rings. The van der Waals surface area contributed by atoms with Gasteiger partial charge in [-0.15, -0.1) is 0 Å². The molecule has 1 aromatic heterocycles. The monoisotopic (exact) mass is 339 g/mol. The summed E-state index contributed by atoms with van der Waals surface area (Å²) in [5.41, 5.74) is 3.09. The van der Waals surface area contributed by atoms with E-state index in [0.29, 0.717) is 12.0 Å². The summed E-state index contributed by atoms with van der Waals surface area (Å²) in [5, 5.41) is 3.57. The van der Waals surface area contributed by atoms with Crippen molar-refractivity contribution < 1.29 is 9.53 Å². The summed E-state index contributed by atoms with van der Waals surface area (Å²) >= 11 is 0. The number of nitrogens with one attached hydrogen (secondary N) is 2. The maximum Gasteiger partial charge on any atom is 0.255 e. The van der Waals surface area contributed by atoms with E-state index in [9.17, 15) is 4.79 Å². The van der Waals surface area contributed by atoms with Crippen molar-refractivity contribution in [2.24, 2.45) is 0 Å². The summed E-state index contributed by atoms with van der Waals surface area (Å²) in [6.45, 7) is 1.60. The molecule has 0 atom stereocenters. The fourth-order valence-electron chi connectivity index (χ4n) is 3.62. The Labute approximate surface area is 148 Å². The van der Waals surface area contributed by atoms with Gasteiger partial charge in [0.1, 0.15) is 5.75 Å². The van der Waals surface area contributed by atoms with Crippen LogP contribution in [0, 0.1) is 0 Å². The SMILES string of the molecule is COc1cccc(NC2CCN(C(=O)c3cc[nH]c3C3CC3)CC2)c1. The van der Waals surface area contributed by atoms with Gasteiger partial charge >= 0.3 is 0 Å². The first-order valence-electron chi connectivity index (χ1n) is 9.11. The lowest BCUT2D eigenvalue weighted by atomic mass is 10.0. The summed E-state index contributed by atoms with van der Waals surface area (Å²) in [6.07, 6.45) is 6.23. The molecule has 25 heavy (non-hydrogen) atoms. The van der Waals surface area contributed by atoms with E-state index in [2.05, 4.69) is 16.4 Å². The van der Waals surface area contributed by atoms with Gasteiger partial charge in [0.25, 0.3) is 5.91 Å². The highest BCUT2D eigenvalue weighted by Crippen LogP contribution is 2.41. The molecule has 2 fully saturated rings. The highest BCUT2D eigenvalue weighted by molar-refractivity contribution is 5.95. The van der Waals surface area contributed by atoms with Crippen LogP contribution in [0.2, 0.25) is 0 Å². The number of aromatic nitrogens is 1. The number of hydrogen-bond donors (Lipinski definition) is 2. The maximum absolute atomic E-state index is 12.8. The summed E-state index contributed by atoms with van der Waals surface area (Å²) in [4.78, 5) is 18.1. The number of likely N-dealkylation sites (tertiary alicyclic amines) is 1. The molecule has 0 unspecified atom stereocenters. The molecule has 2 N–H and O–H groups in total. The number of benzene rings is 1. The Hall–Kier alpha value is -2.43. The molecule has 0 bridgehead atoms. The van der Waals surface area contributed by atoms with Crippen LogP contribution in [0.15, 0.2) is 36.5 Å². The minimum Gasteiger partial charge on any atom is -0.497 e. The highest BCUT2D eigenvalue weighted by atomic mass is 16.5. The molecule has 1 saturated carbocycles. The normalized spacial score (nSPS) is 18.2. The minimum atomic E-state index is 0.183. The van der Waals surface area contributed by atoms with Gasteiger partial charge < -0.3 is 19.9 Å². The van der Waals surface area contributed by atoms with Crippen LogP contribution in [0.3, 0.4) is 0 Å². The highest BCUT2D eigenvalue weighted by Gasteiger charge is 2.31. The van der Waals surface area contributed by atoms with Gasteiger partial charge in [0.2, 0.25) is 0 Å². The zero-order valence-corrected chi connectivity index (χ0v) is 14.6. The number of nitrogens with zero attached hydrogens (tertiary/aromatic N) is 1. The summed E-state index contributed by atoms with van der Waals surface area (Å²) in [7, 11) is 1.68. The van der Waals surface area contributed by atoms with Gasteiger partial charge in [0.05, 0.1) is 12.7 Å². The first-order chi connectivity index (χ1) is 12.2. The van der Waals surface area contributed by atoms with Crippen molar-refractivity contribution in [2.75, 3.05) is 25.5 Å². The summed E-state index contributed by atoms with van der Waals surface area (Å²) in [6, 6.07) is 10.3. The van der Waals surface area contributed by atoms with Gasteiger partial charge in [-0.05, 0) is 49.8 Å². The van der Waals surface area contributed by atoms with Gasteiger partial charge in [-0.3, -0.25) is 4.79 Å². The van der Waals surface area contributed by atoms with Gasteiger partial charge in [-0.1, -0.05) is 6.07 Å². The number of piperidine rings is 1. The van der Waals surface area contributed by atoms with Crippen LogP contribution in [-0.2, 0) is 0 Å². The second-order valence-corrected chi connectivity index (χ2v) is 7.02. The van der Waals surface area contributed by atoms with Gasteiger partial charge in [0, 0.05) is 42.8 Å². The number of carbonyl (C=O) groups is 1. The average molecular weight is 339 g/mol. The zero-order valence-electron chi connectivity index (χ0n) is 14.6. The number of ether oxygens (including phenoxy) is 1. The number of carbonyl (C=O) groups excluding carboxylic acids is 1. The van der Waals surface area contributed by atoms with Crippen molar-refractivity contribution in [3.63, 3.8) is 0 Å². The molecule has 5 heteroatoms. The topological polar surface area (TPSA) is 57.4 Å². The lowest BCUT2D eigenvalue weighted by Gasteiger charge is -2.33. The molecule has 1 saturated heterocycles. The minimum absolute atomic E-state index is 0.183. The third kappa shape index (κ3) is 3.50. The number of anilines is 1. The summed E-state index contributed by atoms with van der Waals surface area (Å²) in [5.74, 6) is 1.61. The third-order valence-corrected chi connectivity index (χ3v) is 5.22. The van der Waals surface area contributed by atoms with E-state index in [4.69, 9.17) is 4.74 Å². The van der Waals surface area contributed by atoms with Crippen LogP contribution >= 0.6 is 0 Å². The standard InChI is InChI=1S/C20H25N3O2/c1-25-17-4-2-3-16(13-17)22-15-8-11-23(12-9-15)20(24)18-7-10-21-19(18)14-5-6-14/h2-4,7,10,13-15,21-22H,5-6,8-9,11-12H2,1H3. The van der Waals surface area contributed by atoms with Gasteiger partial charge in [-0.2, -0.15) is 0 Å². The van der Waals surface area contributed by atoms with Crippen molar-refractivity contribution in [3.8, 4) is 5.75 Å². The molecule has 5 nitrogen and oxygen atoms in total. The quantitative estimate of drug-likeness (QED) is 0.875. The van der Waals surface area contributed by atoms with E-state index in [1.165, 1.54) is 12.8 Å². The number of aromatic amines is 1. The Morgan fingerprint density at radius 3 is 2.72 bits per heavy atom. The van der Waals surface area contributed by atoms with Crippen LogP contribution in [0.1, 0.15) is 47.7 Å². The second-order valence-electron chi connectivity index (χ2n) is 7.02. The number of rotatable bonds is 5. The lowest BCUT2D eigenvalue weighted by molar-refractivity contribution is 0.0717. The third-order valence-electron chi connectivity index (χ3n) is 5.22. The first kappa shape index (κ1) is 16.1. The van der Waals surface area contributed by atoms with E-state index in [1.807, 2.05) is 35.4 Å². The number of amides is 1. The Kier molecular flexibility index (Phi) is 4.38. The largest absolute Gasteiger partial charge is 0.497 e. The molecule has 1 aliphatic heterocycles. The Morgan fingerprint density at radius 1 is 1.20 bits per heavy atom. The first-order valence-corrected chi connectivity index (χ1v) is 9.11. The molecule has 2 heterocycles. The van der Waals surface area contributed by atoms with E-state index in [-0.39, 0.29) is 5.91 Å². The maximum atomic E-state index is 12.8. The average Bonchev–Trinajstić information content (AvgIpc) is 3.38. The molecular weight excluding hydrogens is 314 g/mol. The van der Waals surface area contributed by atoms with Crippen molar-refractivity contribution in [1.29, 1.82) is 0 Å². The van der Waals surface area contributed by atoms with E-state index < -0.39 is 0 Å². The number of methoxy groups -OCH3 is 1. The van der Waals surface area contributed by atoms with Crippen LogP contribution in [0.4, 0.5) is 5.69 Å². The van der Waals surface area contributed by atoms with Gasteiger partial charge in [-0.25, -0.2) is 0 Å². The molecule has 2 aliphatic rings. The zero-order chi connectivity index (χ0) is 17.2. The molecule has 1 aliphatic carbocycles. The number of H-pyrrole nitrogens is 1. The molecule has 132 valence electrons. The van der Waals surface area contributed by atoms with Crippen molar-refractivity contribution in [3.05, 3.63) is 47.8 Å². The smallest absolute Gasteiger partial charge is 0.255 e. The summed E-state index contributed by atoms with van der Waals surface area (Å²) < 4.78 is 5.27. The van der Waals surface area contributed by atoms with Crippen molar-refractivity contribution >= 4 is 11.6 Å². The molecule has 1 amide bonds. The molecule has 0 radical (unpaired) electrons.